The highest BCUT2D eigenvalue weighted by atomic mass is 15.3. The lowest BCUT2D eigenvalue weighted by molar-refractivity contribution is 0.887. The monoisotopic (exact) mass is 226 g/mol. The number of anilines is 1. The minimum absolute atomic E-state index is 0.585. The molecular formula is C11H10N6. The highest BCUT2D eigenvalue weighted by molar-refractivity contribution is 5.40. The number of hydrogen-bond donors (Lipinski definition) is 1. The lowest BCUT2D eigenvalue weighted by Gasteiger charge is -2.04. The molecule has 0 aliphatic rings. The molecule has 0 atom stereocenters. The second kappa shape index (κ2) is 4.17. The van der Waals surface area contributed by atoms with Gasteiger partial charge in [0.25, 0.3) is 0 Å². The van der Waals surface area contributed by atoms with Crippen LogP contribution in [0.4, 0.5) is 5.95 Å². The Kier molecular flexibility index (Phi) is 2.38. The Bertz CT molecular complexity index is 618. The van der Waals surface area contributed by atoms with Crippen molar-refractivity contribution < 1.29 is 0 Å². The Morgan fingerprint density at radius 2 is 2.24 bits per heavy atom. The normalized spacial score (nSPS) is 10.6. The second-order valence-electron chi connectivity index (χ2n) is 3.53. The van der Waals surface area contributed by atoms with Crippen LogP contribution < -0.4 is 5.32 Å². The van der Waals surface area contributed by atoms with Crippen molar-refractivity contribution in [1.82, 2.24) is 24.6 Å². The third kappa shape index (κ3) is 2.05. The predicted octanol–water partition coefficient (Wildman–Crippen LogP) is 1.13. The number of nitrogens with zero attached hydrogens (tertiary/aromatic N) is 5. The van der Waals surface area contributed by atoms with E-state index < -0.39 is 0 Å². The summed E-state index contributed by atoms with van der Waals surface area (Å²) in [6, 6.07) is 5.73. The number of hydrogen-bond acceptors (Lipinski definition) is 5. The largest absolute Gasteiger partial charge is 0.350 e. The standard InChI is InChI=1S/C11H10N6/c1-2-9(6-12-4-1)7-13-11-14-8-17-10(16-11)3-5-15-17/h1-6,8H,7H2,(H,13,16). The molecule has 0 saturated carbocycles. The molecule has 3 rings (SSSR count). The van der Waals surface area contributed by atoms with E-state index in [4.69, 9.17) is 0 Å². The van der Waals surface area contributed by atoms with E-state index in [0.717, 1.165) is 11.2 Å². The fourth-order valence-electron chi connectivity index (χ4n) is 1.50. The summed E-state index contributed by atoms with van der Waals surface area (Å²) in [6.45, 7) is 0.651. The van der Waals surface area contributed by atoms with Crippen LogP contribution in [-0.4, -0.2) is 24.6 Å². The van der Waals surface area contributed by atoms with E-state index >= 15 is 0 Å². The summed E-state index contributed by atoms with van der Waals surface area (Å²) < 4.78 is 1.62. The smallest absolute Gasteiger partial charge is 0.226 e. The van der Waals surface area contributed by atoms with Crippen molar-refractivity contribution in [1.29, 1.82) is 0 Å². The maximum atomic E-state index is 4.31. The van der Waals surface area contributed by atoms with Crippen molar-refractivity contribution in [2.24, 2.45) is 0 Å². The number of rotatable bonds is 3. The van der Waals surface area contributed by atoms with E-state index in [9.17, 15) is 0 Å². The van der Waals surface area contributed by atoms with Crippen LogP contribution >= 0.6 is 0 Å². The average molecular weight is 226 g/mol. The van der Waals surface area contributed by atoms with Gasteiger partial charge >= 0.3 is 0 Å². The number of aromatic nitrogens is 5. The van der Waals surface area contributed by atoms with Crippen LogP contribution in [0.2, 0.25) is 0 Å². The van der Waals surface area contributed by atoms with Crippen molar-refractivity contribution in [3.63, 3.8) is 0 Å². The zero-order chi connectivity index (χ0) is 11.5. The average Bonchev–Trinajstić information content (AvgIpc) is 2.85. The number of fused-ring (bicyclic) bond motifs is 1. The zero-order valence-electron chi connectivity index (χ0n) is 8.98. The van der Waals surface area contributed by atoms with Gasteiger partial charge in [-0.3, -0.25) is 4.98 Å². The minimum Gasteiger partial charge on any atom is -0.350 e. The molecule has 6 heteroatoms. The van der Waals surface area contributed by atoms with Crippen LogP contribution in [0.3, 0.4) is 0 Å². The third-order valence-electron chi connectivity index (χ3n) is 2.33. The molecule has 0 saturated heterocycles. The quantitative estimate of drug-likeness (QED) is 0.725. The third-order valence-corrected chi connectivity index (χ3v) is 2.33. The molecule has 6 nitrogen and oxygen atoms in total. The molecule has 3 aromatic heterocycles. The van der Waals surface area contributed by atoms with Crippen molar-refractivity contribution in [3.05, 3.63) is 48.7 Å². The van der Waals surface area contributed by atoms with E-state index in [2.05, 4.69) is 25.4 Å². The second-order valence-corrected chi connectivity index (χ2v) is 3.53. The molecule has 17 heavy (non-hydrogen) atoms. The molecule has 0 amide bonds. The van der Waals surface area contributed by atoms with Crippen molar-refractivity contribution in [3.8, 4) is 0 Å². The van der Waals surface area contributed by atoms with Gasteiger partial charge in [-0.05, 0) is 11.6 Å². The molecular weight excluding hydrogens is 216 g/mol. The Hall–Kier alpha value is -2.50. The van der Waals surface area contributed by atoms with Gasteiger partial charge in [-0.2, -0.15) is 10.1 Å². The first kappa shape index (κ1) is 9.71. The van der Waals surface area contributed by atoms with Gasteiger partial charge in [0, 0.05) is 25.0 Å². The first-order valence-electron chi connectivity index (χ1n) is 5.21. The molecule has 0 bridgehead atoms. The highest BCUT2D eigenvalue weighted by Crippen LogP contribution is 2.04. The molecule has 3 aromatic rings. The number of pyridine rings is 1. The maximum absolute atomic E-state index is 4.31. The Balaban J connectivity index is 1.76. The summed E-state index contributed by atoms with van der Waals surface area (Å²) in [5, 5.41) is 7.17. The summed E-state index contributed by atoms with van der Waals surface area (Å²) >= 11 is 0. The summed E-state index contributed by atoms with van der Waals surface area (Å²) in [6.07, 6.45) is 6.88. The molecule has 84 valence electrons. The van der Waals surface area contributed by atoms with Crippen LogP contribution in [-0.2, 0) is 6.54 Å². The summed E-state index contributed by atoms with van der Waals surface area (Å²) in [5.41, 5.74) is 1.86. The molecule has 0 aromatic carbocycles. The van der Waals surface area contributed by atoms with Crippen LogP contribution in [0.25, 0.3) is 5.65 Å². The van der Waals surface area contributed by atoms with E-state index in [1.165, 1.54) is 0 Å². The van der Waals surface area contributed by atoms with E-state index in [1.54, 1.807) is 23.2 Å². The lowest BCUT2D eigenvalue weighted by Crippen LogP contribution is -2.05. The molecule has 3 heterocycles. The minimum atomic E-state index is 0.585. The van der Waals surface area contributed by atoms with Gasteiger partial charge in [0.2, 0.25) is 5.95 Å². The molecule has 0 radical (unpaired) electrons. The fraction of sp³-hybridized carbons (Fsp3) is 0.0909. The van der Waals surface area contributed by atoms with E-state index in [1.807, 2.05) is 24.4 Å². The first-order valence-corrected chi connectivity index (χ1v) is 5.21. The van der Waals surface area contributed by atoms with Gasteiger partial charge in [0.05, 0.1) is 6.20 Å². The molecule has 0 aliphatic carbocycles. The van der Waals surface area contributed by atoms with Crippen molar-refractivity contribution in [2.45, 2.75) is 6.54 Å². The molecule has 0 aliphatic heterocycles. The van der Waals surface area contributed by atoms with Gasteiger partial charge in [-0.1, -0.05) is 6.07 Å². The van der Waals surface area contributed by atoms with Crippen LogP contribution in [0.1, 0.15) is 5.56 Å². The lowest BCUT2D eigenvalue weighted by atomic mass is 10.3. The van der Waals surface area contributed by atoms with Crippen LogP contribution in [0.15, 0.2) is 43.1 Å². The predicted molar refractivity (Wildman–Crippen MR) is 62.3 cm³/mol. The molecule has 1 N–H and O–H groups in total. The van der Waals surface area contributed by atoms with Gasteiger partial charge in [0.15, 0.2) is 5.65 Å². The van der Waals surface area contributed by atoms with Gasteiger partial charge in [-0.15, -0.1) is 0 Å². The van der Waals surface area contributed by atoms with Crippen LogP contribution in [0, 0.1) is 0 Å². The SMILES string of the molecule is c1cncc(CNc2ncn3nccc3n2)c1. The Labute approximate surface area is 97.4 Å². The number of nitrogens with one attached hydrogen (secondary N) is 1. The van der Waals surface area contributed by atoms with E-state index in [-0.39, 0.29) is 0 Å². The summed E-state index contributed by atoms with van der Waals surface area (Å²) in [4.78, 5) is 12.5. The topological polar surface area (TPSA) is 68.0 Å². The first-order chi connectivity index (χ1) is 8.42. The van der Waals surface area contributed by atoms with Crippen molar-refractivity contribution >= 4 is 11.6 Å². The highest BCUT2D eigenvalue weighted by Gasteiger charge is 1.99. The molecule has 0 unspecified atom stereocenters. The summed E-state index contributed by atoms with van der Waals surface area (Å²) in [5.74, 6) is 0.585. The van der Waals surface area contributed by atoms with Gasteiger partial charge in [-0.25, -0.2) is 9.50 Å². The van der Waals surface area contributed by atoms with Gasteiger partial charge in [0.1, 0.15) is 6.33 Å². The Morgan fingerprint density at radius 3 is 3.12 bits per heavy atom. The fourth-order valence-corrected chi connectivity index (χ4v) is 1.50. The van der Waals surface area contributed by atoms with E-state index in [0.29, 0.717) is 12.5 Å². The summed E-state index contributed by atoms with van der Waals surface area (Å²) in [7, 11) is 0. The maximum Gasteiger partial charge on any atom is 0.226 e. The van der Waals surface area contributed by atoms with Crippen molar-refractivity contribution in [2.75, 3.05) is 5.32 Å². The molecule has 0 fully saturated rings. The van der Waals surface area contributed by atoms with Gasteiger partial charge < -0.3 is 5.32 Å². The Morgan fingerprint density at radius 1 is 1.24 bits per heavy atom. The zero-order valence-corrected chi connectivity index (χ0v) is 8.98. The molecule has 0 spiro atoms. The van der Waals surface area contributed by atoms with Crippen LogP contribution in [0.5, 0.6) is 0 Å².